The van der Waals surface area contributed by atoms with E-state index in [2.05, 4.69) is 120 Å². The molecule has 1 saturated heterocycles. The van der Waals surface area contributed by atoms with Crippen molar-refractivity contribution in [1.82, 2.24) is 0 Å². The quantitative estimate of drug-likeness (QED) is 0.261. The summed E-state index contributed by atoms with van der Waals surface area (Å²) >= 11 is -3.91. The normalized spacial score (nSPS) is 21.3. The molecule has 1 fully saturated rings. The Hall–Kier alpha value is -3.21. The van der Waals surface area contributed by atoms with Crippen molar-refractivity contribution in [3.05, 3.63) is 129 Å². The molecule has 1 atom stereocenters. The molecule has 2 spiro atoms. The summed E-state index contributed by atoms with van der Waals surface area (Å²) in [6.07, 6.45) is 4.28. The number of rotatable bonds is 2. The Kier molecular flexibility index (Phi) is 5.19. The third-order valence-electron chi connectivity index (χ3n) is 9.48. The van der Waals surface area contributed by atoms with Crippen molar-refractivity contribution < 1.29 is 8.56 Å². The van der Waals surface area contributed by atoms with Gasteiger partial charge in [0, 0.05) is 0 Å². The number of hydrogen-bond donors (Lipinski definition) is 0. The summed E-state index contributed by atoms with van der Waals surface area (Å²) in [7, 11) is 0. The van der Waals surface area contributed by atoms with Crippen LogP contribution in [0, 0.1) is 41.5 Å². The Labute approximate surface area is 234 Å². The van der Waals surface area contributed by atoms with Crippen LogP contribution in [0.25, 0.3) is 11.1 Å². The first-order valence-corrected chi connectivity index (χ1v) is 17.9. The molecular formula is C36H34GeO2. The summed E-state index contributed by atoms with van der Waals surface area (Å²) in [5, 5.41) is 0. The topological polar surface area (TPSA) is 26.3 Å². The number of benzene rings is 4. The van der Waals surface area contributed by atoms with E-state index in [1.165, 1.54) is 64.4 Å². The van der Waals surface area contributed by atoms with Gasteiger partial charge >= 0.3 is 235 Å². The van der Waals surface area contributed by atoms with Gasteiger partial charge < -0.3 is 0 Å². The molecule has 0 saturated carbocycles. The molecule has 0 N–H and O–H groups in total. The van der Waals surface area contributed by atoms with Crippen molar-refractivity contribution in [3.8, 4) is 11.1 Å². The molecule has 2 nitrogen and oxygen atoms in total. The first-order chi connectivity index (χ1) is 18.7. The molecule has 3 heteroatoms. The van der Waals surface area contributed by atoms with Gasteiger partial charge in [-0.2, -0.15) is 0 Å². The number of hydrogen-bond acceptors (Lipinski definition) is 2. The van der Waals surface area contributed by atoms with Crippen LogP contribution in [0.2, 0.25) is 0 Å². The minimum atomic E-state index is -3.91. The maximum absolute atomic E-state index is 13.1. The van der Waals surface area contributed by atoms with Crippen molar-refractivity contribution in [1.29, 1.82) is 0 Å². The summed E-state index contributed by atoms with van der Waals surface area (Å²) in [6, 6.07) is 27.2. The van der Waals surface area contributed by atoms with E-state index in [1.54, 1.807) is 6.08 Å². The maximum atomic E-state index is 13.1. The van der Waals surface area contributed by atoms with Gasteiger partial charge in [-0.15, -0.1) is 0 Å². The fraction of sp³-hybridized carbons (Fsp3) is 0.250. The van der Waals surface area contributed by atoms with E-state index < -0.39 is 23.5 Å². The predicted octanol–water partition coefficient (Wildman–Crippen LogP) is 6.40. The van der Waals surface area contributed by atoms with Gasteiger partial charge in [0.25, 0.3) is 0 Å². The van der Waals surface area contributed by atoms with Gasteiger partial charge in [0.05, 0.1) is 0 Å². The Bertz CT molecular complexity index is 1610. The minimum absolute atomic E-state index is 0.155. The van der Waals surface area contributed by atoms with Crippen molar-refractivity contribution in [2.75, 3.05) is 0 Å². The molecular weight excluding hydrogens is 537 g/mol. The molecule has 2 aliphatic carbocycles. The average Bonchev–Trinajstić information content (AvgIpc) is 3.41. The number of carbonyl (C=O) groups excluding carboxylic acids is 1. The number of ketones is 1. The molecule has 0 radical (unpaired) electrons. The zero-order valence-corrected chi connectivity index (χ0v) is 25.7. The number of aryl methyl sites for hydroxylation is 6. The number of carbonyl (C=O) groups is 1. The summed E-state index contributed by atoms with van der Waals surface area (Å²) < 4.78 is 10.1. The summed E-state index contributed by atoms with van der Waals surface area (Å²) in [6.45, 7) is 13.4. The molecule has 1 aliphatic heterocycles. The van der Waals surface area contributed by atoms with Crippen LogP contribution in [-0.4, -0.2) is 25.0 Å². The molecule has 3 aliphatic rings. The Morgan fingerprint density at radius 2 is 1.10 bits per heavy atom. The zero-order valence-electron chi connectivity index (χ0n) is 23.6. The van der Waals surface area contributed by atoms with E-state index in [9.17, 15) is 4.79 Å². The summed E-state index contributed by atoms with van der Waals surface area (Å²) in [5.74, 6) is 0.155. The Morgan fingerprint density at radius 3 is 1.51 bits per heavy atom. The van der Waals surface area contributed by atoms with E-state index in [0.717, 1.165) is 0 Å². The first kappa shape index (κ1) is 24.8. The van der Waals surface area contributed by atoms with Crippen molar-refractivity contribution in [3.63, 3.8) is 0 Å². The van der Waals surface area contributed by atoms with Crippen LogP contribution in [0.5, 0.6) is 0 Å². The number of allylic oxidation sites excluding steroid dienone is 1. The van der Waals surface area contributed by atoms with Crippen LogP contribution < -0.4 is 8.79 Å². The zero-order chi connectivity index (χ0) is 27.3. The summed E-state index contributed by atoms with van der Waals surface area (Å²) in [5.41, 5.74) is 12.3. The second-order valence-corrected chi connectivity index (χ2v) is 19.0. The fourth-order valence-corrected chi connectivity index (χ4v) is 22.6. The molecule has 39 heavy (non-hydrogen) atoms. The van der Waals surface area contributed by atoms with Crippen LogP contribution in [0.4, 0.5) is 0 Å². The second kappa shape index (κ2) is 8.16. The van der Waals surface area contributed by atoms with Crippen LogP contribution in [-0.2, 0) is 12.8 Å². The molecule has 1 unspecified atom stereocenters. The Balaban J connectivity index is 1.74. The van der Waals surface area contributed by atoms with Gasteiger partial charge in [-0.05, 0) is 0 Å². The molecule has 1 heterocycles. The van der Waals surface area contributed by atoms with Crippen LogP contribution in [0.3, 0.4) is 0 Å². The molecule has 4 aromatic carbocycles. The predicted molar refractivity (Wildman–Crippen MR) is 162 cm³/mol. The molecule has 7 rings (SSSR count). The molecule has 194 valence electrons. The SMILES string of the molecule is Cc1cc(C)[c]([Ge]2([c]3c(C)cc(C)cc3C)[O]C3(C=CC(=O)C3)[C]23c2ccccc2-c2ccccc23)c(C)c1. The monoisotopic (exact) mass is 572 g/mol. The summed E-state index contributed by atoms with van der Waals surface area (Å²) in [4.78, 5) is 13.1. The fourth-order valence-electron chi connectivity index (χ4n) is 8.75. The second-order valence-electron chi connectivity index (χ2n) is 12.0. The van der Waals surface area contributed by atoms with Gasteiger partial charge in [0.15, 0.2) is 0 Å². The Morgan fingerprint density at radius 1 is 0.667 bits per heavy atom. The van der Waals surface area contributed by atoms with E-state index in [0.29, 0.717) is 6.42 Å². The molecule has 0 aromatic heterocycles. The average molecular weight is 571 g/mol. The van der Waals surface area contributed by atoms with Crippen LogP contribution in [0.15, 0.2) is 84.9 Å². The standard InChI is InChI=1S/C36H34GeO2/c1-22-17-24(3)33(25(4)18-22)37(34-26(5)19-23(2)20-27(34)6)36(35(39-37)16-15-28(38)21-35)31-13-9-7-11-29(31)30-12-8-10-14-32(30)36/h7-20H,21H2,1-6H3. The third-order valence-corrected chi connectivity index (χ3v) is 21.4. The molecule has 0 amide bonds. The number of fused-ring (bicyclic) bond motifs is 6. The van der Waals surface area contributed by atoms with Gasteiger partial charge in [-0.3, -0.25) is 0 Å². The van der Waals surface area contributed by atoms with E-state index in [1.807, 2.05) is 0 Å². The van der Waals surface area contributed by atoms with Crippen LogP contribution >= 0.6 is 0 Å². The van der Waals surface area contributed by atoms with E-state index in [-0.39, 0.29) is 5.78 Å². The molecule has 4 aromatic rings. The van der Waals surface area contributed by atoms with Gasteiger partial charge in [-0.25, -0.2) is 0 Å². The molecule has 0 bridgehead atoms. The van der Waals surface area contributed by atoms with Gasteiger partial charge in [0.1, 0.15) is 0 Å². The van der Waals surface area contributed by atoms with E-state index in [4.69, 9.17) is 3.76 Å². The van der Waals surface area contributed by atoms with Crippen molar-refractivity contribution in [2.45, 2.75) is 57.8 Å². The van der Waals surface area contributed by atoms with E-state index >= 15 is 0 Å². The van der Waals surface area contributed by atoms with Gasteiger partial charge in [-0.1, -0.05) is 0 Å². The van der Waals surface area contributed by atoms with Crippen molar-refractivity contribution >= 4 is 28.2 Å². The van der Waals surface area contributed by atoms with Crippen molar-refractivity contribution in [2.24, 2.45) is 0 Å². The van der Waals surface area contributed by atoms with Gasteiger partial charge in [0.2, 0.25) is 0 Å². The third kappa shape index (κ3) is 2.89. The first-order valence-electron chi connectivity index (χ1n) is 13.9. The van der Waals surface area contributed by atoms with Crippen LogP contribution in [0.1, 0.15) is 50.9 Å².